The molecule has 0 amide bonds. The molecule has 2 aromatic heterocycles. The first kappa shape index (κ1) is 15.5. The molecule has 21 heavy (non-hydrogen) atoms. The van der Waals surface area contributed by atoms with Crippen molar-refractivity contribution in [2.75, 3.05) is 6.54 Å². The molecule has 0 aliphatic rings. The zero-order valence-electron chi connectivity index (χ0n) is 13.1. The highest BCUT2D eigenvalue weighted by molar-refractivity contribution is 5.71. The highest BCUT2D eigenvalue weighted by Crippen LogP contribution is 2.16. The number of aromatic nitrogens is 4. The Balaban J connectivity index is 3.00. The Bertz CT molecular complexity index is 768. The van der Waals surface area contributed by atoms with Gasteiger partial charge in [-0.2, -0.15) is 0 Å². The molecular formula is C14H23N5O2. The van der Waals surface area contributed by atoms with E-state index in [1.54, 1.807) is 11.5 Å². The average Bonchev–Trinajstić information content (AvgIpc) is 2.76. The maximum atomic E-state index is 12.6. The van der Waals surface area contributed by atoms with Gasteiger partial charge in [0.05, 0.1) is 0 Å². The van der Waals surface area contributed by atoms with Gasteiger partial charge in [-0.3, -0.25) is 13.9 Å². The highest BCUT2D eigenvalue weighted by atomic mass is 16.2. The van der Waals surface area contributed by atoms with Crippen molar-refractivity contribution in [3.63, 3.8) is 0 Å². The van der Waals surface area contributed by atoms with Crippen LogP contribution in [0.5, 0.6) is 0 Å². The molecule has 0 saturated heterocycles. The predicted molar refractivity (Wildman–Crippen MR) is 82.7 cm³/mol. The smallest absolute Gasteiger partial charge is 0.329 e. The van der Waals surface area contributed by atoms with Gasteiger partial charge in [0, 0.05) is 25.7 Å². The molecule has 2 N–H and O–H groups in total. The van der Waals surface area contributed by atoms with Crippen molar-refractivity contribution in [3.8, 4) is 0 Å². The highest BCUT2D eigenvalue weighted by Gasteiger charge is 2.21. The van der Waals surface area contributed by atoms with Gasteiger partial charge in [0.1, 0.15) is 5.82 Å². The lowest BCUT2D eigenvalue weighted by molar-refractivity contribution is 0.488. The lowest BCUT2D eigenvalue weighted by Gasteiger charge is -2.16. The van der Waals surface area contributed by atoms with Crippen LogP contribution in [0.25, 0.3) is 11.2 Å². The molecule has 0 fully saturated rings. The molecule has 2 heterocycles. The van der Waals surface area contributed by atoms with E-state index in [0.29, 0.717) is 36.6 Å². The fourth-order valence-corrected chi connectivity index (χ4v) is 2.62. The third-order valence-electron chi connectivity index (χ3n) is 3.95. The molecular weight excluding hydrogens is 270 g/mol. The summed E-state index contributed by atoms with van der Waals surface area (Å²) in [6.45, 7) is 8.87. The largest absolute Gasteiger partial charge is 0.332 e. The summed E-state index contributed by atoms with van der Waals surface area (Å²) in [5.41, 5.74) is 5.99. The van der Waals surface area contributed by atoms with E-state index in [4.69, 9.17) is 5.73 Å². The third kappa shape index (κ3) is 2.31. The van der Waals surface area contributed by atoms with Gasteiger partial charge >= 0.3 is 5.69 Å². The minimum absolute atomic E-state index is 0.0148. The maximum absolute atomic E-state index is 12.6. The molecule has 0 aliphatic carbocycles. The lowest BCUT2D eigenvalue weighted by Crippen LogP contribution is -2.41. The number of fused-ring (bicyclic) bond motifs is 1. The van der Waals surface area contributed by atoms with Crippen LogP contribution >= 0.6 is 0 Å². The molecule has 0 saturated carbocycles. The number of hydrogen-bond acceptors (Lipinski definition) is 4. The third-order valence-corrected chi connectivity index (χ3v) is 3.95. The van der Waals surface area contributed by atoms with Gasteiger partial charge in [0.25, 0.3) is 5.56 Å². The van der Waals surface area contributed by atoms with E-state index in [-0.39, 0.29) is 17.3 Å². The van der Waals surface area contributed by atoms with Crippen molar-refractivity contribution >= 4 is 11.2 Å². The number of imidazole rings is 1. The van der Waals surface area contributed by atoms with E-state index in [2.05, 4.69) is 4.98 Å². The van der Waals surface area contributed by atoms with Crippen molar-refractivity contribution < 1.29 is 0 Å². The van der Waals surface area contributed by atoms with E-state index in [9.17, 15) is 9.59 Å². The second-order valence-corrected chi connectivity index (χ2v) is 5.23. The minimum Gasteiger partial charge on any atom is -0.329 e. The number of hydrogen-bond donors (Lipinski definition) is 1. The SMILES string of the molecule is CCC(C)n1c(=O)n(CC)c(=O)c2c1nc(C)n2CCN. The quantitative estimate of drug-likeness (QED) is 0.875. The molecule has 1 unspecified atom stereocenters. The zero-order valence-corrected chi connectivity index (χ0v) is 13.1. The van der Waals surface area contributed by atoms with Crippen molar-refractivity contribution in [2.45, 2.75) is 53.2 Å². The van der Waals surface area contributed by atoms with Gasteiger partial charge < -0.3 is 10.3 Å². The zero-order chi connectivity index (χ0) is 15.7. The molecule has 7 nitrogen and oxygen atoms in total. The first-order chi connectivity index (χ1) is 9.97. The molecule has 2 aromatic rings. The first-order valence-corrected chi connectivity index (χ1v) is 7.40. The predicted octanol–water partition coefficient (Wildman–Crippen LogP) is 0.618. The summed E-state index contributed by atoms with van der Waals surface area (Å²) < 4.78 is 4.70. The van der Waals surface area contributed by atoms with Gasteiger partial charge in [-0.25, -0.2) is 9.78 Å². The standard InChI is InChI=1S/C14H23N5O2/c1-5-9(3)19-12-11(13(20)17(6-2)14(19)21)18(8-7-15)10(4)16-12/h9H,5-8,15H2,1-4H3. The topological polar surface area (TPSA) is 87.8 Å². The van der Waals surface area contributed by atoms with E-state index < -0.39 is 0 Å². The molecule has 7 heteroatoms. The van der Waals surface area contributed by atoms with E-state index in [0.717, 1.165) is 6.42 Å². The van der Waals surface area contributed by atoms with E-state index >= 15 is 0 Å². The normalized spacial score (nSPS) is 13.0. The van der Waals surface area contributed by atoms with Gasteiger partial charge in [-0.15, -0.1) is 0 Å². The second-order valence-electron chi connectivity index (χ2n) is 5.23. The molecule has 0 spiro atoms. The fraction of sp³-hybridized carbons (Fsp3) is 0.643. The van der Waals surface area contributed by atoms with Gasteiger partial charge in [-0.05, 0) is 27.2 Å². The van der Waals surface area contributed by atoms with Crippen molar-refractivity contribution in [1.82, 2.24) is 18.7 Å². The summed E-state index contributed by atoms with van der Waals surface area (Å²) in [7, 11) is 0. The Morgan fingerprint density at radius 3 is 2.43 bits per heavy atom. The van der Waals surface area contributed by atoms with Gasteiger partial charge in [0.15, 0.2) is 11.2 Å². The Morgan fingerprint density at radius 1 is 1.24 bits per heavy atom. The van der Waals surface area contributed by atoms with Gasteiger partial charge in [0.2, 0.25) is 0 Å². The molecule has 116 valence electrons. The van der Waals surface area contributed by atoms with Crippen LogP contribution in [0.2, 0.25) is 0 Å². The van der Waals surface area contributed by atoms with Crippen LogP contribution in [-0.2, 0) is 13.1 Å². The van der Waals surface area contributed by atoms with Crippen molar-refractivity contribution in [3.05, 3.63) is 26.7 Å². The minimum atomic E-state index is -0.290. The molecule has 0 bridgehead atoms. The second kappa shape index (κ2) is 5.85. The van der Waals surface area contributed by atoms with Crippen LogP contribution in [0.1, 0.15) is 39.1 Å². The van der Waals surface area contributed by atoms with Crippen LogP contribution in [0.15, 0.2) is 9.59 Å². The lowest BCUT2D eigenvalue weighted by atomic mass is 10.2. The molecule has 0 radical (unpaired) electrons. The average molecular weight is 293 g/mol. The van der Waals surface area contributed by atoms with Crippen LogP contribution in [0.4, 0.5) is 0 Å². The van der Waals surface area contributed by atoms with Crippen LogP contribution in [0, 0.1) is 6.92 Å². The maximum Gasteiger partial charge on any atom is 0.332 e. The summed E-state index contributed by atoms with van der Waals surface area (Å²) in [5.74, 6) is 0.706. The Hall–Kier alpha value is -1.89. The van der Waals surface area contributed by atoms with Crippen LogP contribution in [0.3, 0.4) is 0 Å². The first-order valence-electron chi connectivity index (χ1n) is 7.40. The number of nitrogens with two attached hydrogens (primary N) is 1. The number of nitrogens with zero attached hydrogens (tertiary/aromatic N) is 4. The van der Waals surface area contributed by atoms with Gasteiger partial charge in [-0.1, -0.05) is 6.92 Å². The monoisotopic (exact) mass is 293 g/mol. The Labute approximate surface area is 123 Å². The van der Waals surface area contributed by atoms with Crippen LogP contribution < -0.4 is 17.0 Å². The summed E-state index contributed by atoms with van der Waals surface area (Å²) in [6.07, 6.45) is 0.791. The molecule has 0 aliphatic heterocycles. The van der Waals surface area contributed by atoms with Crippen molar-refractivity contribution in [1.29, 1.82) is 0 Å². The summed E-state index contributed by atoms with van der Waals surface area (Å²) >= 11 is 0. The van der Waals surface area contributed by atoms with E-state index in [1.807, 2.05) is 25.3 Å². The number of aryl methyl sites for hydroxylation is 1. The Kier molecular flexibility index (Phi) is 4.32. The summed E-state index contributed by atoms with van der Waals surface area (Å²) in [6, 6.07) is -0.0148. The molecule has 0 aromatic carbocycles. The number of rotatable bonds is 5. The van der Waals surface area contributed by atoms with Crippen molar-refractivity contribution in [2.24, 2.45) is 5.73 Å². The summed E-state index contributed by atoms with van der Waals surface area (Å²) in [5, 5.41) is 0. The molecule has 2 rings (SSSR count). The molecule has 1 atom stereocenters. The van der Waals surface area contributed by atoms with Crippen LogP contribution in [-0.4, -0.2) is 25.2 Å². The Morgan fingerprint density at radius 2 is 1.90 bits per heavy atom. The van der Waals surface area contributed by atoms with E-state index in [1.165, 1.54) is 4.57 Å². The fourth-order valence-electron chi connectivity index (χ4n) is 2.62. The summed E-state index contributed by atoms with van der Waals surface area (Å²) in [4.78, 5) is 29.6.